The first-order chi connectivity index (χ1) is 7.28. The lowest BCUT2D eigenvalue weighted by molar-refractivity contribution is 0.0506. The van der Waals surface area contributed by atoms with E-state index in [0.29, 0.717) is 19.5 Å². The zero-order valence-electron chi connectivity index (χ0n) is 9.75. The van der Waals surface area contributed by atoms with Gasteiger partial charge < -0.3 is 15.0 Å². The summed E-state index contributed by atoms with van der Waals surface area (Å²) in [6.07, 6.45) is 0.249. The van der Waals surface area contributed by atoms with Gasteiger partial charge in [-0.15, -0.1) is 0 Å². The summed E-state index contributed by atoms with van der Waals surface area (Å²) in [5.74, 6) is 0. The maximum Gasteiger partial charge on any atom is 0.407 e. The fraction of sp³-hybridized carbons (Fsp3) is 0.800. The lowest BCUT2D eigenvalue weighted by atomic mass is 10.2. The van der Waals surface area contributed by atoms with Crippen LogP contribution in [0.3, 0.4) is 0 Å². The quantitative estimate of drug-likeness (QED) is 0.570. The van der Waals surface area contributed by atoms with Crippen molar-refractivity contribution in [1.82, 2.24) is 10.2 Å². The number of likely N-dealkylation sites (tertiary alicyclic amines) is 1. The van der Waals surface area contributed by atoms with Gasteiger partial charge in [0.2, 0.25) is 0 Å². The molecule has 0 aromatic heterocycles. The van der Waals surface area contributed by atoms with Gasteiger partial charge in [0.25, 0.3) is 0 Å². The molecule has 6 heteroatoms. The molecule has 1 saturated heterocycles. The number of amides is 2. The summed E-state index contributed by atoms with van der Waals surface area (Å²) in [6, 6.07) is -0.0717. The third kappa shape index (κ3) is 4.26. The Morgan fingerprint density at radius 3 is 2.50 bits per heavy atom. The summed E-state index contributed by atoms with van der Waals surface area (Å²) in [6.45, 7) is 6.42. The zero-order chi connectivity index (χ0) is 12.3. The number of hydrogen-bond donors (Lipinski definition) is 1. The first-order valence-corrected chi connectivity index (χ1v) is 5.59. The van der Waals surface area contributed by atoms with E-state index in [1.165, 1.54) is 4.90 Å². The normalized spacial score (nSPS) is 20.8. The number of nitrogens with one attached hydrogen (secondary N) is 1. The van der Waals surface area contributed by atoms with E-state index in [-0.39, 0.29) is 6.04 Å². The van der Waals surface area contributed by atoms with Crippen molar-refractivity contribution in [2.45, 2.75) is 38.8 Å². The minimum absolute atomic E-state index is 0.0717. The van der Waals surface area contributed by atoms with Crippen LogP contribution in [0.25, 0.3) is 0 Å². The molecule has 1 fully saturated rings. The van der Waals surface area contributed by atoms with E-state index < -0.39 is 17.1 Å². The van der Waals surface area contributed by atoms with Crippen LogP contribution in [0.5, 0.6) is 0 Å². The van der Waals surface area contributed by atoms with Crippen molar-refractivity contribution in [1.29, 1.82) is 0 Å². The number of halogens is 1. The molecule has 1 unspecified atom stereocenters. The molecule has 0 aromatic carbocycles. The van der Waals surface area contributed by atoms with E-state index in [1.54, 1.807) is 20.8 Å². The van der Waals surface area contributed by atoms with E-state index in [2.05, 4.69) is 5.32 Å². The molecule has 1 rings (SSSR count). The molecule has 5 nitrogen and oxygen atoms in total. The summed E-state index contributed by atoms with van der Waals surface area (Å²) in [5, 5.41) is 2.23. The van der Waals surface area contributed by atoms with E-state index >= 15 is 0 Å². The van der Waals surface area contributed by atoms with Crippen LogP contribution in [-0.2, 0) is 4.74 Å². The second-order valence-corrected chi connectivity index (χ2v) is 5.15. The average Bonchev–Trinajstić information content (AvgIpc) is 2.48. The molecule has 1 N–H and O–H groups in total. The summed E-state index contributed by atoms with van der Waals surface area (Å²) in [4.78, 5) is 23.8. The fourth-order valence-corrected chi connectivity index (χ4v) is 1.67. The monoisotopic (exact) mass is 248 g/mol. The number of rotatable bonds is 1. The van der Waals surface area contributed by atoms with Crippen LogP contribution in [0.1, 0.15) is 27.2 Å². The maximum absolute atomic E-state index is 11.4. The molecular formula is C10H17ClN2O3. The standard InChI is InChI=1S/C10H17ClN2O3/c1-10(2,3)16-9(15)12-7-4-5-13(6-7)8(11)14/h7H,4-6H2,1-3H3,(H,12,15). The summed E-state index contributed by atoms with van der Waals surface area (Å²) < 4.78 is 5.11. The Bertz CT molecular complexity index is 288. The van der Waals surface area contributed by atoms with Crippen LogP contribution in [-0.4, -0.2) is 41.1 Å². The van der Waals surface area contributed by atoms with Crippen LogP contribution in [0, 0.1) is 0 Å². The molecule has 1 heterocycles. The Kier molecular flexibility index (Phi) is 4.02. The van der Waals surface area contributed by atoms with Crippen molar-refractivity contribution in [2.75, 3.05) is 13.1 Å². The number of nitrogens with zero attached hydrogens (tertiary/aromatic N) is 1. The lowest BCUT2D eigenvalue weighted by Gasteiger charge is -2.21. The highest BCUT2D eigenvalue weighted by atomic mass is 35.5. The summed E-state index contributed by atoms with van der Waals surface area (Å²) >= 11 is 5.34. The average molecular weight is 249 g/mol. The highest BCUT2D eigenvalue weighted by Crippen LogP contribution is 2.13. The maximum atomic E-state index is 11.4. The van der Waals surface area contributed by atoms with Crippen molar-refractivity contribution in [3.05, 3.63) is 0 Å². The van der Waals surface area contributed by atoms with Gasteiger partial charge in [-0.2, -0.15) is 0 Å². The van der Waals surface area contributed by atoms with Crippen LogP contribution in [0.2, 0.25) is 0 Å². The van der Waals surface area contributed by atoms with Crippen LogP contribution >= 0.6 is 11.6 Å². The van der Waals surface area contributed by atoms with Crippen LogP contribution in [0.4, 0.5) is 9.59 Å². The Hall–Kier alpha value is -0.970. The molecule has 0 aliphatic carbocycles. The van der Waals surface area contributed by atoms with Crippen molar-refractivity contribution in [3.63, 3.8) is 0 Å². The first kappa shape index (κ1) is 13.1. The second kappa shape index (κ2) is 4.91. The molecule has 0 bridgehead atoms. The third-order valence-corrected chi connectivity index (χ3v) is 2.40. The number of carbonyl (C=O) groups excluding carboxylic acids is 2. The molecule has 16 heavy (non-hydrogen) atoms. The topological polar surface area (TPSA) is 58.6 Å². The van der Waals surface area contributed by atoms with Gasteiger partial charge in [0.15, 0.2) is 0 Å². The third-order valence-electron chi connectivity index (χ3n) is 2.16. The highest BCUT2D eigenvalue weighted by Gasteiger charge is 2.27. The van der Waals surface area contributed by atoms with Gasteiger partial charge in [-0.05, 0) is 38.8 Å². The van der Waals surface area contributed by atoms with Gasteiger partial charge in [-0.3, -0.25) is 4.79 Å². The number of ether oxygens (including phenoxy) is 1. The Labute approximate surface area is 100 Å². The van der Waals surface area contributed by atoms with Gasteiger partial charge in [0, 0.05) is 13.1 Å². The van der Waals surface area contributed by atoms with Gasteiger partial charge in [-0.25, -0.2) is 4.79 Å². The molecule has 0 spiro atoms. The first-order valence-electron chi connectivity index (χ1n) is 5.22. The molecule has 0 radical (unpaired) electrons. The van der Waals surface area contributed by atoms with Gasteiger partial charge >= 0.3 is 11.5 Å². The Morgan fingerprint density at radius 1 is 1.44 bits per heavy atom. The minimum atomic E-state index is -0.509. The van der Waals surface area contributed by atoms with Crippen molar-refractivity contribution >= 4 is 23.1 Å². The SMILES string of the molecule is CC(C)(C)OC(=O)NC1CCN(C(=O)Cl)C1. The van der Waals surface area contributed by atoms with Gasteiger partial charge in [-0.1, -0.05) is 0 Å². The van der Waals surface area contributed by atoms with Crippen molar-refractivity contribution < 1.29 is 14.3 Å². The molecule has 1 aliphatic heterocycles. The van der Waals surface area contributed by atoms with Crippen molar-refractivity contribution in [3.8, 4) is 0 Å². The number of carbonyl (C=O) groups is 2. The minimum Gasteiger partial charge on any atom is -0.444 e. The molecule has 1 atom stereocenters. The smallest absolute Gasteiger partial charge is 0.407 e. The Balaban J connectivity index is 2.34. The van der Waals surface area contributed by atoms with E-state index in [1.807, 2.05) is 0 Å². The summed E-state index contributed by atoms with van der Waals surface area (Å²) in [5.41, 5.74) is -0.509. The molecule has 1 aliphatic rings. The number of hydrogen-bond acceptors (Lipinski definition) is 3. The molecular weight excluding hydrogens is 232 g/mol. The molecule has 0 aromatic rings. The van der Waals surface area contributed by atoms with Crippen LogP contribution in [0.15, 0.2) is 0 Å². The van der Waals surface area contributed by atoms with E-state index in [0.717, 1.165) is 0 Å². The fourth-order valence-electron chi connectivity index (χ4n) is 1.51. The second-order valence-electron chi connectivity index (χ2n) is 4.83. The highest BCUT2D eigenvalue weighted by molar-refractivity contribution is 6.62. The molecule has 2 amide bonds. The summed E-state index contributed by atoms with van der Waals surface area (Å²) in [7, 11) is 0. The largest absolute Gasteiger partial charge is 0.444 e. The van der Waals surface area contributed by atoms with Gasteiger partial charge in [0.1, 0.15) is 5.60 Å². The molecule has 0 saturated carbocycles. The molecule has 92 valence electrons. The van der Waals surface area contributed by atoms with Crippen molar-refractivity contribution in [2.24, 2.45) is 0 Å². The van der Waals surface area contributed by atoms with E-state index in [4.69, 9.17) is 16.3 Å². The van der Waals surface area contributed by atoms with Gasteiger partial charge in [0.05, 0.1) is 6.04 Å². The lowest BCUT2D eigenvalue weighted by Crippen LogP contribution is -2.40. The Morgan fingerprint density at radius 2 is 2.06 bits per heavy atom. The number of alkyl carbamates (subject to hydrolysis) is 1. The van der Waals surface area contributed by atoms with E-state index in [9.17, 15) is 9.59 Å². The predicted octanol–water partition coefficient (Wildman–Crippen LogP) is 1.94. The predicted molar refractivity (Wildman–Crippen MR) is 60.6 cm³/mol. The zero-order valence-corrected chi connectivity index (χ0v) is 10.5. The van der Waals surface area contributed by atoms with Crippen LogP contribution < -0.4 is 5.32 Å².